The SMILES string of the molecule is CCC1(C(=O)N2CCN(c3cc(S(=O)CC(F)(F)F)c(C)cc3F)CC2)CC1(F)F. The lowest BCUT2D eigenvalue weighted by molar-refractivity contribution is -0.141. The van der Waals surface area contributed by atoms with Gasteiger partial charge in [0.05, 0.1) is 16.5 Å². The summed E-state index contributed by atoms with van der Waals surface area (Å²) in [5.74, 6) is -5.85. The third-order valence-corrected chi connectivity index (χ3v) is 7.32. The molecule has 1 saturated heterocycles. The molecule has 0 spiro atoms. The summed E-state index contributed by atoms with van der Waals surface area (Å²) in [5.41, 5.74) is -1.53. The van der Waals surface area contributed by atoms with Gasteiger partial charge < -0.3 is 9.80 Å². The summed E-state index contributed by atoms with van der Waals surface area (Å²) in [4.78, 5) is 15.3. The van der Waals surface area contributed by atoms with Crippen molar-refractivity contribution in [1.82, 2.24) is 4.90 Å². The fourth-order valence-corrected chi connectivity index (χ4v) is 5.02. The average Bonchev–Trinajstić information content (AvgIpc) is 3.22. The van der Waals surface area contributed by atoms with Crippen molar-refractivity contribution in [1.29, 1.82) is 0 Å². The highest BCUT2D eigenvalue weighted by Crippen LogP contribution is 2.63. The van der Waals surface area contributed by atoms with Gasteiger partial charge in [0.2, 0.25) is 5.91 Å². The molecule has 1 aliphatic heterocycles. The number of anilines is 1. The molecule has 1 aliphatic carbocycles. The van der Waals surface area contributed by atoms with Crippen molar-refractivity contribution >= 4 is 22.4 Å². The highest BCUT2D eigenvalue weighted by atomic mass is 32.2. The number of rotatable bonds is 5. The van der Waals surface area contributed by atoms with Gasteiger partial charge in [-0.15, -0.1) is 0 Å². The Bertz CT molecular complexity index is 867. The second kappa shape index (κ2) is 7.72. The molecule has 11 heteroatoms. The second-order valence-corrected chi connectivity index (χ2v) is 9.19. The van der Waals surface area contributed by atoms with Crippen LogP contribution in [-0.2, 0) is 15.6 Å². The van der Waals surface area contributed by atoms with E-state index >= 15 is 0 Å². The first kappa shape index (κ1) is 22.9. The van der Waals surface area contributed by atoms with Crippen molar-refractivity contribution in [3.05, 3.63) is 23.5 Å². The quantitative estimate of drug-likeness (QED) is 0.632. The fourth-order valence-electron chi connectivity index (χ4n) is 3.91. The average molecular weight is 456 g/mol. The smallest absolute Gasteiger partial charge is 0.366 e. The number of carbonyl (C=O) groups excluding carboxylic acids is 1. The maximum Gasteiger partial charge on any atom is 0.400 e. The Morgan fingerprint density at radius 3 is 2.20 bits per heavy atom. The third-order valence-electron chi connectivity index (χ3n) is 5.80. The molecule has 1 saturated carbocycles. The van der Waals surface area contributed by atoms with Gasteiger partial charge in [-0.25, -0.2) is 13.2 Å². The largest absolute Gasteiger partial charge is 0.400 e. The van der Waals surface area contributed by atoms with Crippen LogP contribution in [0.5, 0.6) is 0 Å². The van der Waals surface area contributed by atoms with E-state index in [2.05, 4.69) is 0 Å². The number of benzene rings is 1. The van der Waals surface area contributed by atoms with Crippen LogP contribution in [0.4, 0.5) is 32.0 Å². The Morgan fingerprint density at radius 1 is 1.17 bits per heavy atom. The zero-order valence-electron chi connectivity index (χ0n) is 16.5. The molecular weight excluding hydrogens is 434 g/mol. The Kier molecular flexibility index (Phi) is 5.90. The second-order valence-electron chi connectivity index (χ2n) is 7.77. The minimum atomic E-state index is -4.63. The normalized spacial score (nSPS) is 24.7. The molecule has 2 aliphatic rings. The predicted molar refractivity (Wildman–Crippen MR) is 99.5 cm³/mol. The van der Waals surface area contributed by atoms with Gasteiger partial charge in [-0.1, -0.05) is 6.92 Å². The van der Waals surface area contributed by atoms with E-state index in [4.69, 9.17) is 0 Å². The first-order valence-electron chi connectivity index (χ1n) is 9.49. The lowest BCUT2D eigenvalue weighted by atomic mass is 10.0. The van der Waals surface area contributed by atoms with Crippen molar-refractivity contribution in [2.45, 2.75) is 43.7 Å². The Balaban J connectivity index is 1.73. The maximum absolute atomic E-state index is 14.5. The summed E-state index contributed by atoms with van der Waals surface area (Å²) < 4.78 is 91.8. The highest BCUT2D eigenvalue weighted by Gasteiger charge is 2.75. The van der Waals surface area contributed by atoms with E-state index in [1.807, 2.05) is 0 Å². The molecule has 0 bridgehead atoms. The van der Waals surface area contributed by atoms with Crippen LogP contribution in [0.15, 0.2) is 17.0 Å². The van der Waals surface area contributed by atoms with Gasteiger partial charge in [-0.2, -0.15) is 13.2 Å². The van der Waals surface area contributed by atoms with Crippen molar-refractivity contribution in [2.75, 3.05) is 36.8 Å². The number of amides is 1. The van der Waals surface area contributed by atoms with Crippen LogP contribution in [0.2, 0.25) is 0 Å². The van der Waals surface area contributed by atoms with Crippen molar-refractivity contribution in [3.63, 3.8) is 0 Å². The van der Waals surface area contributed by atoms with Crippen molar-refractivity contribution in [3.8, 4) is 0 Å². The van der Waals surface area contributed by atoms with Gasteiger partial charge in [0, 0.05) is 37.5 Å². The van der Waals surface area contributed by atoms with Crippen molar-refractivity contribution < 1.29 is 35.3 Å². The zero-order valence-corrected chi connectivity index (χ0v) is 17.3. The molecule has 0 radical (unpaired) electrons. The van der Waals surface area contributed by atoms with Gasteiger partial charge in [0.1, 0.15) is 17.0 Å². The van der Waals surface area contributed by atoms with Gasteiger partial charge in [0.25, 0.3) is 5.92 Å². The number of nitrogens with zero attached hydrogens (tertiary/aromatic N) is 2. The number of aryl methyl sites for hydroxylation is 1. The monoisotopic (exact) mass is 456 g/mol. The molecule has 1 aromatic rings. The van der Waals surface area contributed by atoms with Crippen LogP contribution < -0.4 is 4.90 Å². The maximum atomic E-state index is 14.5. The Labute approximate surface area is 172 Å². The number of carbonyl (C=O) groups is 1. The van der Waals surface area contributed by atoms with Crippen LogP contribution in [0.1, 0.15) is 25.3 Å². The zero-order chi connectivity index (χ0) is 22.5. The lowest BCUT2D eigenvalue weighted by Crippen LogP contribution is -2.51. The van der Waals surface area contributed by atoms with E-state index in [-0.39, 0.29) is 48.7 Å². The molecule has 2 atom stereocenters. The lowest BCUT2D eigenvalue weighted by Gasteiger charge is -2.38. The van der Waals surface area contributed by atoms with Crippen LogP contribution in [0.3, 0.4) is 0 Å². The fraction of sp³-hybridized carbons (Fsp3) is 0.632. The van der Waals surface area contributed by atoms with Crippen LogP contribution in [0, 0.1) is 18.2 Å². The summed E-state index contributed by atoms with van der Waals surface area (Å²) in [5, 5.41) is 0. The molecule has 0 aromatic heterocycles. The van der Waals surface area contributed by atoms with Crippen LogP contribution in [0.25, 0.3) is 0 Å². The molecule has 2 fully saturated rings. The first-order chi connectivity index (χ1) is 13.8. The minimum Gasteiger partial charge on any atom is -0.366 e. The summed E-state index contributed by atoms with van der Waals surface area (Å²) in [7, 11) is -2.38. The molecule has 30 heavy (non-hydrogen) atoms. The molecule has 1 aromatic carbocycles. The molecule has 1 heterocycles. The highest BCUT2D eigenvalue weighted by molar-refractivity contribution is 7.85. The number of halogens is 6. The van der Waals surface area contributed by atoms with Gasteiger partial charge in [-0.05, 0) is 31.0 Å². The molecule has 0 N–H and O–H groups in total. The number of hydrogen-bond donors (Lipinski definition) is 0. The Morgan fingerprint density at radius 2 is 1.73 bits per heavy atom. The van der Waals surface area contributed by atoms with Gasteiger partial charge >= 0.3 is 6.18 Å². The van der Waals surface area contributed by atoms with Crippen LogP contribution in [-0.4, -0.2) is 59.0 Å². The van der Waals surface area contributed by atoms with E-state index < -0.39 is 52.2 Å². The molecule has 168 valence electrons. The topological polar surface area (TPSA) is 40.6 Å². The molecule has 4 nitrogen and oxygen atoms in total. The third kappa shape index (κ3) is 4.17. The molecular formula is C19H22F6N2O2S. The van der Waals surface area contributed by atoms with Crippen LogP contribution >= 0.6 is 0 Å². The number of piperazine rings is 1. The van der Waals surface area contributed by atoms with E-state index in [1.165, 1.54) is 16.7 Å². The van der Waals surface area contributed by atoms with Gasteiger partial charge in [-0.3, -0.25) is 9.00 Å². The van der Waals surface area contributed by atoms with Crippen molar-refractivity contribution in [2.24, 2.45) is 5.41 Å². The number of alkyl halides is 5. The molecule has 3 rings (SSSR count). The van der Waals surface area contributed by atoms with E-state index in [1.54, 1.807) is 6.92 Å². The summed E-state index contributed by atoms with van der Waals surface area (Å²) >= 11 is 0. The Hall–Kier alpha value is -1.78. The number of hydrogen-bond acceptors (Lipinski definition) is 3. The van der Waals surface area contributed by atoms with E-state index in [0.717, 1.165) is 12.1 Å². The minimum absolute atomic E-state index is 0.0137. The van der Waals surface area contributed by atoms with E-state index in [0.29, 0.717) is 0 Å². The first-order valence-corrected chi connectivity index (χ1v) is 10.8. The predicted octanol–water partition coefficient (Wildman–Crippen LogP) is 3.89. The molecule has 2 unspecified atom stereocenters. The van der Waals surface area contributed by atoms with E-state index in [9.17, 15) is 35.3 Å². The summed E-state index contributed by atoms with van der Waals surface area (Å²) in [6, 6.07) is 2.18. The standard InChI is InChI=1S/C19H22F6N2O2S/c1-3-17(10-18(17,21)22)16(28)27-6-4-26(5-7-27)14-9-15(12(2)8-13(14)20)30(29)11-19(23,24)25/h8-9H,3-7,10-11H2,1-2H3. The summed E-state index contributed by atoms with van der Waals surface area (Å²) in [6.07, 6.45) is -5.07. The summed E-state index contributed by atoms with van der Waals surface area (Å²) in [6.45, 7) is 3.35. The van der Waals surface area contributed by atoms with Gasteiger partial charge in [0.15, 0.2) is 0 Å². The molecule has 1 amide bonds.